The van der Waals surface area contributed by atoms with Gasteiger partial charge in [0, 0.05) is 25.2 Å². The maximum Gasteiger partial charge on any atom is 0.262 e. The van der Waals surface area contributed by atoms with Crippen molar-refractivity contribution in [2.24, 2.45) is 20.9 Å². The second kappa shape index (κ2) is 9.13. The van der Waals surface area contributed by atoms with E-state index in [1.807, 2.05) is 30.3 Å². The quantitative estimate of drug-likeness (QED) is 0.846. The Hall–Kier alpha value is -2.50. The number of amidine groups is 2. The monoisotopic (exact) mass is 379 g/mol. The van der Waals surface area contributed by atoms with Crippen LogP contribution >= 0.6 is 0 Å². The standard InChI is InChI=1S/C22H29N5O/c28-22-20(18-13-7-4-10-15-23-18)21(25-19-14-8-1-2-9-16-24-19)26-27(22)17-11-5-3-6-12-17/h3,5-6,11-12,20H,1-2,4,7-10,13-16H2,(H,24,25,26)/t20-/m1/s1. The molecule has 1 amide bonds. The van der Waals surface area contributed by atoms with Crippen molar-refractivity contribution in [2.45, 2.75) is 57.8 Å². The van der Waals surface area contributed by atoms with Crippen LogP contribution < -0.4 is 10.4 Å². The van der Waals surface area contributed by atoms with Crippen LogP contribution in [0.2, 0.25) is 0 Å². The molecule has 148 valence electrons. The Balaban J connectivity index is 1.67. The molecule has 0 bridgehead atoms. The highest BCUT2D eigenvalue weighted by Gasteiger charge is 2.41. The minimum atomic E-state index is -0.411. The summed E-state index contributed by atoms with van der Waals surface area (Å²) < 4.78 is 0. The van der Waals surface area contributed by atoms with Crippen molar-refractivity contribution in [2.75, 3.05) is 18.1 Å². The molecule has 0 aliphatic carbocycles. The van der Waals surface area contributed by atoms with Crippen molar-refractivity contribution in [1.29, 1.82) is 0 Å². The minimum Gasteiger partial charge on any atom is -0.293 e. The topological polar surface area (TPSA) is 69.4 Å². The highest BCUT2D eigenvalue weighted by Crippen LogP contribution is 2.25. The number of para-hydroxylation sites is 1. The summed E-state index contributed by atoms with van der Waals surface area (Å²) in [6.07, 6.45) is 9.79. The molecule has 1 atom stereocenters. The lowest BCUT2D eigenvalue weighted by Crippen LogP contribution is -2.36. The molecule has 0 spiro atoms. The lowest BCUT2D eigenvalue weighted by Gasteiger charge is -2.15. The molecular weight excluding hydrogens is 350 g/mol. The number of hydrogen-bond donors (Lipinski definition) is 1. The SMILES string of the molecule is O=C1[C@H](C2=NCCCCC2)C(=NC2=NCCCCCC2)NN1c1ccccc1. The normalized spacial score (nSPS) is 25.4. The van der Waals surface area contributed by atoms with Crippen LogP contribution in [0.5, 0.6) is 0 Å². The Morgan fingerprint density at radius 1 is 0.893 bits per heavy atom. The minimum absolute atomic E-state index is 0.0112. The summed E-state index contributed by atoms with van der Waals surface area (Å²) in [7, 11) is 0. The predicted octanol–water partition coefficient (Wildman–Crippen LogP) is 3.93. The van der Waals surface area contributed by atoms with E-state index in [2.05, 4.69) is 10.4 Å². The van der Waals surface area contributed by atoms with Gasteiger partial charge in [-0.15, -0.1) is 0 Å². The van der Waals surface area contributed by atoms with Crippen LogP contribution in [0, 0.1) is 5.92 Å². The molecule has 3 heterocycles. The maximum atomic E-state index is 13.4. The van der Waals surface area contributed by atoms with Gasteiger partial charge in [0.25, 0.3) is 5.91 Å². The number of hydrogen-bond acceptors (Lipinski definition) is 4. The average molecular weight is 380 g/mol. The summed E-state index contributed by atoms with van der Waals surface area (Å²) in [5.41, 5.74) is 5.08. The van der Waals surface area contributed by atoms with E-state index < -0.39 is 5.92 Å². The molecule has 6 nitrogen and oxygen atoms in total. The zero-order chi connectivity index (χ0) is 19.2. The van der Waals surface area contributed by atoms with Gasteiger partial charge in [-0.25, -0.2) is 10.0 Å². The number of rotatable bonds is 2. The summed E-state index contributed by atoms with van der Waals surface area (Å²) in [6, 6.07) is 9.71. The average Bonchev–Trinajstić information content (AvgIpc) is 2.86. The molecule has 3 aliphatic heterocycles. The highest BCUT2D eigenvalue weighted by molar-refractivity contribution is 6.30. The molecule has 0 aromatic heterocycles. The molecule has 3 aliphatic rings. The number of nitrogens with zero attached hydrogens (tertiary/aromatic N) is 4. The Morgan fingerprint density at radius 2 is 1.61 bits per heavy atom. The molecule has 1 aromatic carbocycles. The first-order chi connectivity index (χ1) is 13.8. The molecule has 1 aromatic rings. The highest BCUT2D eigenvalue weighted by atomic mass is 16.2. The van der Waals surface area contributed by atoms with Crippen LogP contribution in [0.25, 0.3) is 0 Å². The van der Waals surface area contributed by atoms with E-state index in [1.165, 1.54) is 19.3 Å². The smallest absolute Gasteiger partial charge is 0.262 e. The van der Waals surface area contributed by atoms with Gasteiger partial charge in [0.1, 0.15) is 17.6 Å². The van der Waals surface area contributed by atoms with Crippen LogP contribution in [0.3, 0.4) is 0 Å². The van der Waals surface area contributed by atoms with Crippen LogP contribution in [0.1, 0.15) is 57.8 Å². The third-order valence-corrected chi connectivity index (χ3v) is 5.57. The molecule has 1 fully saturated rings. The van der Waals surface area contributed by atoms with E-state index in [1.54, 1.807) is 5.01 Å². The zero-order valence-electron chi connectivity index (χ0n) is 16.4. The van der Waals surface area contributed by atoms with Gasteiger partial charge >= 0.3 is 0 Å². The number of hydrazine groups is 1. The van der Waals surface area contributed by atoms with E-state index in [0.29, 0.717) is 5.84 Å². The second-order valence-corrected chi connectivity index (χ2v) is 7.70. The number of aliphatic imine (C=N–C) groups is 3. The largest absolute Gasteiger partial charge is 0.293 e. The number of anilines is 1. The molecule has 0 saturated carbocycles. The fourth-order valence-electron chi connectivity index (χ4n) is 4.04. The number of nitrogens with one attached hydrogen (secondary N) is 1. The third kappa shape index (κ3) is 4.32. The van der Waals surface area contributed by atoms with Crippen molar-refractivity contribution in [3.63, 3.8) is 0 Å². The molecule has 28 heavy (non-hydrogen) atoms. The summed E-state index contributed by atoms with van der Waals surface area (Å²) in [5.74, 6) is 1.15. The lowest BCUT2D eigenvalue weighted by atomic mass is 9.97. The molecule has 1 saturated heterocycles. The van der Waals surface area contributed by atoms with Crippen molar-refractivity contribution in [3.05, 3.63) is 30.3 Å². The van der Waals surface area contributed by atoms with Crippen molar-refractivity contribution in [1.82, 2.24) is 5.43 Å². The Bertz CT molecular complexity index is 783. The van der Waals surface area contributed by atoms with Gasteiger partial charge in [-0.3, -0.25) is 20.2 Å². The van der Waals surface area contributed by atoms with Crippen molar-refractivity contribution < 1.29 is 4.79 Å². The van der Waals surface area contributed by atoms with Gasteiger partial charge in [0.05, 0.1) is 5.69 Å². The number of amides is 1. The van der Waals surface area contributed by atoms with E-state index in [4.69, 9.17) is 9.98 Å². The van der Waals surface area contributed by atoms with Crippen LogP contribution in [0.15, 0.2) is 45.3 Å². The maximum absolute atomic E-state index is 13.4. The van der Waals surface area contributed by atoms with Gasteiger partial charge in [0.2, 0.25) is 0 Å². The van der Waals surface area contributed by atoms with Crippen LogP contribution in [-0.2, 0) is 4.79 Å². The van der Waals surface area contributed by atoms with E-state index >= 15 is 0 Å². The summed E-state index contributed by atoms with van der Waals surface area (Å²) in [5, 5.41) is 1.63. The molecule has 6 heteroatoms. The van der Waals surface area contributed by atoms with E-state index in [0.717, 1.165) is 68.8 Å². The molecule has 0 unspecified atom stereocenters. The summed E-state index contributed by atoms with van der Waals surface area (Å²) in [6.45, 7) is 1.63. The van der Waals surface area contributed by atoms with E-state index in [-0.39, 0.29) is 5.91 Å². The lowest BCUT2D eigenvalue weighted by molar-refractivity contribution is -0.118. The first-order valence-electron chi connectivity index (χ1n) is 10.6. The molecule has 1 N–H and O–H groups in total. The Morgan fingerprint density at radius 3 is 2.46 bits per heavy atom. The van der Waals surface area contributed by atoms with Gasteiger partial charge < -0.3 is 0 Å². The van der Waals surface area contributed by atoms with Gasteiger partial charge in [0.15, 0.2) is 0 Å². The Kier molecular flexibility index (Phi) is 6.14. The van der Waals surface area contributed by atoms with Gasteiger partial charge in [-0.2, -0.15) is 0 Å². The fraction of sp³-hybridized carbons (Fsp3) is 0.545. The van der Waals surface area contributed by atoms with E-state index in [9.17, 15) is 4.79 Å². The second-order valence-electron chi connectivity index (χ2n) is 7.70. The number of benzene rings is 1. The molecule has 4 rings (SSSR count). The number of carbonyl (C=O) groups excluding carboxylic acids is 1. The predicted molar refractivity (Wildman–Crippen MR) is 114 cm³/mol. The van der Waals surface area contributed by atoms with Gasteiger partial charge in [-0.1, -0.05) is 37.5 Å². The summed E-state index contributed by atoms with van der Waals surface area (Å²) in [4.78, 5) is 27.7. The zero-order valence-corrected chi connectivity index (χ0v) is 16.4. The first-order valence-corrected chi connectivity index (χ1v) is 10.6. The Labute approximate surface area is 166 Å². The van der Waals surface area contributed by atoms with Crippen LogP contribution in [0.4, 0.5) is 5.69 Å². The fourth-order valence-corrected chi connectivity index (χ4v) is 4.04. The first kappa shape index (κ1) is 18.8. The summed E-state index contributed by atoms with van der Waals surface area (Å²) >= 11 is 0. The van der Waals surface area contributed by atoms with Crippen molar-refractivity contribution in [3.8, 4) is 0 Å². The van der Waals surface area contributed by atoms with Crippen molar-refractivity contribution >= 4 is 29.0 Å². The molecular formula is C22H29N5O. The molecule has 0 radical (unpaired) electrons. The van der Waals surface area contributed by atoms with Gasteiger partial charge in [-0.05, 0) is 44.2 Å². The van der Waals surface area contributed by atoms with Crippen LogP contribution in [-0.4, -0.2) is 36.4 Å². The third-order valence-electron chi connectivity index (χ3n) is 5.57. The number of carbonyl (C=O) groups is 1.